The van der Waals surface area contributed by atoms with Gasteiger partial charge in [0.25, 0.3) is 12.3 Å². The molecule has 3 aromatic heterocycles. The molecule has 1 atom stereocenters. The summed E-state index contributed by atoms with van der Waals surface area (Å²) in [6.07, 6.45) is -1.55. The molecule has 33 heavy (non-hydrogen) atoms. The highest BCUT2D eigenvalue weighted by Crippen LogP contribution is 2.43. The van der Waals surface area contributed by atoms with Crippen molar-refractivity contribution < 1.29 is 23.5 Å². The number of nitrogens with zero attached hydrogens (tertiary/aromatic N) is 6. The molecule has 5 rings (SSSR count). The molecule has 0 aliphatic carbocycles. The van der Waals surface area contributed by atoms with Gasteiger partial charge in [-0.25, -0.2) is 13.6 Å². The number of anilines is 1. The van der Waals surface area contributed by atoms with Crippen LogP contribution in [0.5, 0.6) is 0 Å². The number of alkyl halides is 2. The minimum Gasteiger partial charge on any atom is -0.478 e. The summed E-state index contributed by atoms with van der Waals surface area (Å²) < 4.78 is 29.4. The highest BCUT2D eigenvalue weighted by atomic mass is 35.5. The van der Waals surface area contributed by atoms with Crippen molar-refractivity contribution in [3.8, 4) is 0 Å². The summed E-state index contributed by atoms with van der Waals surface area (Å²) in [5, 5.41) is 21.7. The minimum absolute atomic E-state index is 0.0161. The van der Waals surface area contributed by atoms with Gasteiger partial charge in [0.05, 0.1) is 16.8 Å². The highest BCUT2D eigenvalue weighted by Gasteiger charge is 2.45. The first-order chi connectivity index (χ1) is 15.7. The highest BCUT2D eigenvalue weighted by molar-refractivity contribution is 6.30. The Morgan fingerprint density at radius 1 is 1.21 bits per heavy atom. The van der Waals surface area contributed by atoms with Crippen LogP contribution in [0, 0.1) is 6.92 Å². The average molecular weight is 473 g/mol. The van der Waals surface area contributed by atoms with Crippen molar-refractivity contribution in [1.82, 2.24) is 24.4 Å². The Labute approximate surface area is 189 Å². The second-order valence-corrected chi connectivity index (χ2v) is 8.06. The van der Waals surface area contributed by atoms with Crippen molar-refractivity contribution >= 4 is 34.9 Å². The van der Waals surface area contributed by atoms with Crippen LogP contribution >= 0.6 is 11.6 Å². The van der Waals surface area contributed by atoms with E-state index in [0.29, 0.717) is 21.8 Å². The zero-order valence-electron chi connectivity index (χ0n) is 17.2. The third-order valence-electron chi connectivity index (χ3n) is 5.60. The van der Waals surface area contributed by atoms with Crippen LogP contribution in [0.1, 0.15) is 55.8 Å². The summed E-state index contributed by atoms with van der Waals surface area (Å²) in [5.74, 6) is -2.47. The van der Waals surface area contributed by atoms with Crippen LogP contribution in [0.3, 0.4) is 0 Å². The van der Waals surface area contributed by atoms with Crippen molar-refractivity contribution in [2.45, 2.75) is 19.4 Å². The number of aromatic carboxylic acids is 1. The first-order valence-corrected chi connectivity index (χ1v) is 10.1. The van der Waals surface area contributed by atoms with E-state index < -0.39 is 30.2 Å². The monoisotopic (exact) mass is 472 g/mol. The fraction of sp³-hybridized carbons (Fsp3) is 0.190. The van der Waals surface area contributed by atoms with E-state index in [1.54, 1.807) is 42.8 Å². The Morgan fingerprint density at radius 3 is 2.55 bits per heavy atom. The standard InChI is InChI=1S/C21H15ClF2N6O3/c1-9-7-13(27-30-18(9)25-26-19(30)17(23)24)29-15(10-3-5-11(22)6-4-10)16-14(20(29)31)12(21(32)33)8-28(16)2/h3-8,15,17H,1-2H3,(H,32,33). The lowest BCUT2D eigenvalue weighted by Crippen LogP contribution is -2.31. The molecule has 0 fully saturated rings. The zero-order chi connectivity index (χ0) is 23.6. The summed E-state index contributed by atoms with van der Waals surface area (Å²) in [4.78, 5) is 26.7. The molecular formula is C21H15ClF2N6O3. The van der Waals surface area contributed by atoms with Crippen molar-refractivity contribution in [3.05, 3.63) is 75.3 Å². The molecule has 0 saturated carbocycles. The molecule has 9 nitrogen and oxygen atoms in total. The van der Waals surface area contributed by atoms with Gasteiger partial charge in [-0.2, -0.15) is 4.52 Å². The predicted molar refractivity (Wildman–Crippen MR) is 113 cm³/mol. The average Bonchev–Trinajstić information content (AvgIpc) is 3.42. The summed E-state index contributed by atoms with van der Waals surface area (Å²) in [6.45, 7) is 1.64. The molecule has 4 aromatic rings. The number of fused-ring (bicyclic) bond motifs is 2. The maximum atomic E-state index is 13.6. The largest absolute Gasteiger partial charge is 0.478 e. The van der Waals surface area contributed by atoms with Gasteiger partial charge in [-0.1, -0.05) is 23.7 Å². The Balaban J connectivity index is 1.77. The first-order valence-electron chi connectivity index (χ1n) is 9.71. The van der Waals surface area contributed by atoms with Gasteiger partial charge >= 0.3 is 5.97 Å². The van der Waals surface area contributed by atoms with E-state index in [0.717, 1.165) is 4.52 Å². The predicted octanol–water partition coefficient (Wildman–Crippen LogP) is 3.81. The van der Waals surface area contributed by atoms with E-state index in [2.05, 4.69) is 15.3 Å². The van der Waals surface area contributed by atoms with Gasteiger partial charge in [0.1, 0.15) is 6.04 Å². The van der Waals surface area contributed by atoms with Crippen molar-refractivity contribution in [2.24, 2.45) is 7.05 Å². The van der Waals surface area contributed by atoms with Gasteiger partial charge in [-0.3, -0.25) is 9.69 Å². The molecule has 1 aliphatic heterocycles. The summed E-state index contributed by atoms with van der Waals surface area (Å²) in [6, 6.07) is 7.49. The van der Waals surface area contributed by atoms with Crippen LogP contribution in [-0.4, -0.2) is 41.4 Å². The van der Waals surface area contributed by atoms with E-state index in [9.17, 15) is 23.5 Å². The number of halogens is 3. The molecule has 0 radical (unpaired) electrons. The third kappa shape index (κ3) is 3.07. The second-order valence-electron chi connectivity index (χ2n) is 7.63. The number of carbonyl (C=O) groups excluding carboxylic acids is 1. The number of aromatic nitrogens is 5. The number of aryl methyl sites for hydroxylation is 2. The third-order valence-corrected chi connectivity index (χ3v) is 5.85. The Bertz CT molecular complexity index is 1450. The molecule has 0 saturated heterocycles. The van der Waals surface area contributed by atoms with E-state index in [1.807, 2.05) is 0 Å². The Hall–Kier alpha value is -3.86. The van der Waals surface area contributed by atoms with Gasteiger partial charge < -0.3 is 9.67 Å². The van der Waals surface area contributed by atoms with Crippen molar-refractivity contribution in [2.75, 3.05) is 4.90 Å². The van der Waals surface area contributed by atoms with Gasteiger partial charge in [0, 0.05) is 18.3 Å². The molecular weight excluding hydrogens is 458 g/mol. The molecule has 1 aliphatic rings. The number of carboxylic acid groups (broad SMARTS) is 1. The van der Waals surface area contributed by atoms with E-state index in [-0.39, 0.29) is 22.6 Å². The lowest BCUT2D eigenvalue weighted by Gasteiger charge is -2.26. The van der Waals surface area contributed by atoms with Crippen LogP contribution in [0.15, 0.2) is 36.5 Å². The molecule has 4 heterocycles. The fourth-order valence-corrected chi connectivity index (χ4v) is 4.31. The Kier molecular flexibility index (Phi) is 4.67. The van der Waals surface area contributed by atoms with Crippen LogP contribution in [-0.2, 0) is 7.05 Å². The Morgan fingerprint density at radius 2 is 1.91 bits per heavy atom. The smallest absolute Gasteiger partial charge is 0.338 e. The van der Waals surface area contributed by atoms with Gasteiger partial charge in [-0.05, 0) is 36.2 Å². The lowest BCUT2D eigenvalue weighted by molar-refractivity contribution is 0.0692. The van der Waals surface area contributed by atoms with Crippen molar-refractivity contribution in [3.63, 3.8) is 0 Å². The molecule has 1 aromatic carbocycles. The molecule has 1 unspecified atom stereocenters. The second kappa shape index (κ2) is 7.34. The van der Waals surface area contributed by atoms with E-state index in [1.165, 1.54) is 17.2 Å². The number of hydrogen-bond donors (Lipinski definition) is 1. The van der Waals surface area contributed by atoms with Crippen LogP contribution in [0.4, 0.5) is 14.6 Å². The SMILES string of the molecule is Cc1cc(N2C(=O)c3c(C(=O)O)cn(C)c3C2c2ccc(Cl)cc2)nn2c(C(F)F)nnc12. The minimum atomic E-state index is -2.93. The van der Waals surface area contributed by atoms with E-state index in [4.69, 9.17) is 11.6 Å². The number of benzene rings is 1. The zero-order valence-corrected chi connectivity index (χ0v) is 18.0. The maximum Gasteiger partial charge on any atom is 0.338 e. The van der Waals surface area contributed by atoms with Crippen LogP contribution < -0.4 is 4.90 Å². The van der Waals surface area contributed by atoms with Gasteiger partial charge in [-0.15, -0.1) is 15.3 Å². The number of carboxylic acids is 1. The van der Waals surface area contributed by atoms with Crippen molar-refractivity contribution in [1.29, 1.82) is 0 Å². The summed E-state index contributed by atoms with van der Waals surface area (Å²) in [5.41, 5.74) is 1.54. The number of rotatable bonds is 4. The molecule has 1 amide bonds. The van der Waals surface area contributed by atoms with E-state index >= 15 is 0 Å². The number of carbonyl (C=O) groups is 2. The molecule has 0 spiro atoms. The number of hydrogen-bond acceptors (Lipinski definition) is 5. The van der Waals surface area contributed by atoms with Gasteiger partial charge in [0.15, 0.2) is 11.5 Å². The molecule has 168 valence electrons. The normalized spacial score (nSPS) is 15.6. The van der Waals surface area contributed by atoms with Crippen LogP contribution in [0.2, 0.25) is 5.02 Å². The molecule has 1 N–H and O–H groups in total. The first kappa shape index (κ1) is 21.0. The van der Waals surface area contributed by atoms with Crippen LogP contribution in [0.25, 0.3) is 5.65 Å². The fourth-order valence-electron chi connectivity index (χ4n) is 4.19. The number of amides is 1. The quantitative estimate of drug-likeness (QED) is 0.484. The topological polar surface area (TPSA) is 106 Å². The maximum absolute atomic E-state index is 13.6. The van der Waals surface area contributed by atoms with Gasteiger partial charge in [0.2, 0.25) is 5.82 Å². The molecule has 0 bridgehead atoms. The lowest BCUT2D eigenvalue weighted by atomic mass is 10.0. The summed E-state index contributed by atoms with van der Waals surface area (Å²) in [7, 11) is 1.64. The summed E-state index contributed by atoms with van der Waals surface area (Å²) >= 11 is 6.03. The molecule has 12 heteroatoms.